The Bertz CT molecular complexity index is 973. The lowest BCUT2D eigenvalue weighted by Crippen LogP contribution is -2.61. The molecule has 7 nitrogen and oxygen atoms in total. The highest BCUT2D eigenvalue weighted by molar-refractivity contribution is 5.90. The van der Waals surface area contributed by atoms with Gasteiger partial charge in [-0.3, -0.25) is 4.79 Å². The summed E-state index contributed by atoms with van der Waals surface area (Å²) in [4.78, 5) is 37.9. The van der Waals surface area contributed by atoms with E-state index in [9.17, 15) is 19.5 Å². The molecule has 0 aromatic heterocycles. The van der Waals surface area contributed by atoms with Crippen LogP contribution >= 0.6 is 0 Å². The Labute approximate surface area is 181 Å². The van der Waals surface area contributed by atoms with E-state index in [-0.39, 0.29) is 24.3 Å². The minimum absolute atomic E-state index is 0.0712. The first-order valence-electron chi connectivity index (χ1n) is 10.5. The molecule has 2 aromatic rings. The number of amides is 2. The monoisotopic (exact) mass is 422 g/mol. The zero-order valence-electron chi connectivity index (χ0n) is 17.6. The number of carboxylic acids is 1. The molecule has 31 heavy (non-hydrogen) atoms. The standard InChI is InChI=1S/C24H26N2O5/c1-14(2)21(22(27)26-12-11-20(26)23(28)29)25-24(30)31-13-19-17-9-5-3-7-15(17)16-8-4-6-10-18(16)19/h3-10,14,19-21H,11-13H2,1-2H3,(H,25,30)(H,28,29)/t20?,21-/m0/s1. The first kappa shape index (κ1) is 20.9. The van der Waals surface area contributed by atoms with Gasteiger partial charge in [0, 0.05) is 12.5 Å². The maximum absolute atomic E-state index is 12.8. The van der Waals surface area contributed by atoms with Crippen LogP contribution in [0.15, 0.2) is 48.5 Å². The first-order valence-corrected chi connectivity index (χ1v) is 10.5. The molecule has 2 atom stereocenters. The molecule has 1 fully saturated rings. The molecular weight excluding hydrogens is 396 g/mol. The highest BCUT2D eigenvalue weighted by Gasteiger charge is 2.41. The maximum atomic E-state index is 12.8. The van der Waals surface area contributed by atoms with Gasteiger partial charge in [-0.25, -0.2) is 9.59 Å². The van der Waals surface area contributed by atoms with E-state index in [1.807, 2.05) is 50.2 Å². The molecular formula is C24H26N2O5. The summed E-state index contributed by atoms with van der Waals surface area (Å²) in [6, 6.07) is 14.5. The van der Waals surface area contributed by atoms with Gasteiger partial charge in [-0.1, -0.05) is 62.4 Å². The smallest absolute Gasteiger partial charge is 0.407 e. The summed E-state index contributed by atoms with van der Waals surface area (Å²) >= 11 is 0. The van der Waals surface area contributed by atoms with E-state index in [0.29, 0.717) is 13.0 Å². The van der Waals surface area contributed by atoms with Crippen molar-refractivity contribution in [3.63, 3.8) is 0 Å². The van der Waals surface area contributed by atoms with Gasteiger partial charge in [-0.05, 0) is 34.6 Å². The minimum Gasteiger partial charge on any atom is -0.480 e. The Hall–Kier alpha value is -3.35. The van der Waals surface area contributed by atoms with E-state index in [1.165, 1.54) is 4.90 Å². The molecule has 0 spiro atoms. The number of nitrogens with zero attached hydrogens (tertiary/aromatic N) is 1. The van der Waals surface area contributed by atoms with E-state index in [4.69, 9.17) is 4.74 Å². The molecule has 2 aromatic carbocycles. The quantitative estimate of drug-likeness (QED) is 0.745. The number of ether oxygens (including phenoxy) is 1. The van der Waals surface area contributed by atoms with Gasteiger partial charge < -0.3 is 20.1 Å². The van der Waals surface area contributed by atoms with Crippen molar-refractivity contribution in [1.82, 2.24) is 10.2 Å². The third-order valence-electron chi connectivity index (χ3n) is 6.14. The van der Waals surface area contributed by atoms with E-state index in [1.54, 1.807) is 0 Å². The Kier molecular flexibility index (Phi) is 5.67. The fourth-order valence-corrected chi connectivity index (χ4v) is 4.37. The lowest BCUT2D eigenvalue weighted by molar-refractivity contribution is -0.158. The second-order valence-corrected chi connectivity index (χ2v) is 8.37. The van der Waals surface area contributed by atoms with Gasteiger partial charge in [0.1, 0.15) is 18.7 Å². The zero-order chi connectivity index (χ0) is 22.1. The van der Waals surface area contributed by atoms with Gasteiger partial charge in [-0.2, -0.15) is 0 Å². The number of benzene rings is 2. The molecule has 1 aliphatic heterocycles. The number of hydrogen-bond donors (Lipinski definition) is 2. The highest BCUT2D eigenvalue weighted by Crippen LogP contribution is 2.44. The Morgan fingerprint density at radius 3 is 2.13 bits per heavy atom. The largest absolute Gasteiger partial charge is 0.480 e. The SMILES string of the molecule is CC(C)[C@H](NC(=O)OCC1c2ccccc2-c2ccccc21)C(=O)N1CCC1C(=O)O. The molecule has 0 bridgehead atoms. The molecule has 7 heteroatoms. The summed E-state index contributed by atoms with van der Waals surface area (Å²) in [5.41, 5.74) is 4.50. The number of rotatable bonds is 6. The molecule has 162 valence electrons. The average molecular weight is 422 g/mol. The number of alkyl carbamates (subject to hydrolysis) is 1. The van der Waals surface area contributed by atoms with Gasteiger partial charge in [0.15, 0.2) is 0 Å². The van der Waals surface area contributed by atoms with Crippen molar-refractivity contribution >= 4 is 18.0 Å². The van der Waals surface area contributed by atoms with Crippen molar-refractivity contribution in [3.05, 3.63) is 59.7 Å². The van der Waals surface area contributed by atoms with Gasteiger partial charge in [0.2, 0.25) is 5.91 Å². The number of aliphatic carboxylic acids is 1. The number of likely N-dealkylation sites (tertiary alicyclic amines) is 1. The molecule has 4 rings (SSSR count). The molecule has 1 saturated heterocycles. The van der Waals surface area contributed by atoms with Crippen LogP contribution in [-0.2, 0) is 14.3 Å². The van der Waals surface area contributed by atoms with Crippen LogP contribution in [-0.4, -0.2) is 53.2 Å². The summed E-state index contributed by atoms with van der Waals surface area (Å²) in [5.74, 6) is -1.69. The van der Waals surface area contributed by atoms with Crippen molar-refractivity contribution in [2.75, 3.05) is 13.2 Å². The Morgan fingerprint density at radius 1 is 1.06 bits per heavy atom. The van der Waals surface area contributed by atoms with E-state index < -0.39 is 24.1 Å². The average Bonchev–Trinajstić information content (AvgIpc) is 3.03. The number of carbonyl (C=O) groups excluding carboxylic acids is 2. The van der Waals surface area contributed by atoms with E-state index in [2.05, 4.69) is 17.4 Å². The number of nitrogens with one attached hydrogen (secondary N) is 1. The van der Waals surface area contributed by atoms with Gasteiger partial charge in [-0.15, -0.1) is 0 Å². The second kappa shape index (κ2) is 8.41. The van der Waals surface area contributed by atoms with Crippen LogP contribution in [0.25, 0.3) is 11.1 Å². The summed E-state index contributed by atoms with van der Waals surface area (Å²) in [6.45, 7) is 4.15. The van der Waals surface area contributed by atoms with Gasteiger partial charge >= 0.3 is 12.1 Å². The van der Waals surface area contributed by atoms with E-state index in [0.717, 1.165) is 22.3 Å². The predicted octanol–water partition coefficient (Wildman–Crippen LogP) is 3.24. The van der Waals surface area contributed by atoms with E-state index >= 15 is 0 Å². The lowest BCUT2D eigenvalue weighted by atomic mass is 9.97. The van der Waals surface area contributed by atoms with Crippen LogP contribution in [0, 0.1) is 5.92 Å². The van der Waals surface area contributed by atoms with Crippen molar-refractivity contribution in [2.45, 2.75) is 38.3 Å². The topological polar surface area (TPSA) is 95.9 Å². The molecule has 1 aliphatic carbocycles. The van der Waals surface area contributed by atoms with Crippen LogP contribution < -0.4 is 5.32 Å². The van der Waals surface area contributed by atoms with Crippen LogP contribution in [0.3, 0.4) is 0 Å². The number of carbonyl (C=O) groups is 3. The van der Waals surface area contributed by atoms with Gasteiger partial charge in [0.05, 0.1) is 0 Å². The molecule has 1 unspecified atom stereocenters. The summed E-state index contributed by atoms with van der Waals surface area (Å²) < 4.78 is 5.54. The third kappa shape index (κ3) is 3.87. The first-order chi connectivity index (χ1) is 14.9. The molecule has 0 radical (unpaired) electrons. The lowest BCUT2D eigenvalue weighted by Gasteiger charge is -2.40. The van der Waals surface area contributed by atoms with Gasteiger partial charge in [0.25, 0.3) is 0 Å². The molecule has 1 heterocycles. The third-order valence-corrected chi connectivity index (χ3v) is 6.14. The maximum Gasteiger partial charge on any atom is 0.407 e. The van der Waals surface area contributed by atoms with Crippen LogP contribution in [0.2, 0.25) is 0 Å². The summed E-state index contributed by atoms with van der Waals surface area (Å²) in [6.07, 6.45) is -0.252. The van der Waals surface area contributed by atoms with Crippen LogP contribution in [0.1, 0.15) is 37.3 Å². The second-order valence-electron chi connectivity index (χ2n) is 8.37. The van der Waals surface area contributed by atoms with Crippen molar-refractivity contribution in [2.24, 2.45) is 5.92 Å². The summed E-state index contributed by atoms with van der Waals surface area (Å²) in [5, 5.41) is 11.9. The number of hydrogen-bond acceptors (Lipinski definition) is 4. The predicted molar refractivity (Wildman–Crippen MR) is 115 cm³/mol. The fraction of sp³-hybridized carbons (Fsp3) is 0.375. The normalized spacial score (nSPS) is 18.0. The molecule has 2 amide bonds. The summed E-state index contributed by atoms with van der Waals surface area (Å²) in [7, 11) is 0. The van der Waals surface area contributed by atoms with Crippen molar-refractivity contribution < 1.29 is 24.2 Å². The molecule has 0 saturated carbocycles. The van der Waals surface area contributed by atoms with Crippen molar-refractivity contribution in [1.29, 1.82) is 0 Å². The molecule has 2 N–H and O–H groups in total. The number of carboxylic acid groups (broad SMARTS) is 1. The highest BCUT2D eigenvalue weighted by atomic mass is 16.5. The Morgan fingerprint density at radius 2 is 1.65 bits per heavy atom. The van der Waals surface area contributed by atoms with Crippen LogP contribution in [0.5, 0.6) is 0 Å². The number of fused-ring (bicyclic) bond motifs is 3. The van der Waals surface area contributed by atoms with Crippen molar-refractivity contribution in [3.8, 4) is 11.1 Å². The molecule has 2 aliphatic rings. The van der Waals surface area contributed by atoms with Crippen LogP contribution in [0.4, 0.5) is 4.79 Å². The fourth-order valence-electron chi connectivity index (χ4n) is 4.37. The minimum atomic E-state index is -1.02. The zero-order valence-corrected chi connectivity index (χ0v) is 17.6. The Balaban J connectivity index is 1.43.